The van der Waals surface area contributed by atoms with Crippen LogP contribution in [0.25, 0.3) is 0 Å². The Labute approximate surface area is 63.7 Å². The molecule has 0 aromatic carbocycles. The molecule has 0 saturated carbocycles. The fourth-order valence-electron chi connectivity index (χ4n) is 0.945. The van der Waals surface area contributed by atoms with Crippen LogP contribution in [0.1, 0.15) is 27.2 Å². The van der Waals surface area contributed by atoms with E-state index in [1.807, 2.05) is 0 Å². The molecule has 0 aromatic heterocycles. The summed E-state index contributed by atoms with van der Waals surface area (Å²) in [5, 5.41) is 0. The Morgan fingerprint density at radius 3 is 2.30 bits per heavy atom. The first-order chi connectivity index (χ1) is 4.52. The maximum absolute atomic E-state index is 5.55. The third-order valence-corrected chi connectivity index (χ3v) is 1.79. The van der Waals surface area contributed by atoms with E-state index in [1.165, 1.54) is 0 Å². The van der Waals surface area contributed by atoms with Crippen molar-refractivity contribution in [3.8, 4) is 0 Å². The van der Waals surface area contributed by atoms with Gasteiger partial charge in [0, 0.05) is 7.11 Å². The predicted molar refractivity (Wildman–Crippen MR) is 43.9 cm³/mol. The molecule has 0 spiro atoms. The first-order valence-electron chi connectivity index (χ1n) is 3.74. The number of ether oxygens (including phenoxy) is 1. The normalized spacial score (nSPS) is 15.3. The number of methoxy groups -OCH3 is 1. The number of hydrogen-bond acceptors (Lipinski definition) is 2. The van der Waals surface area contributed by atoms with E-state index in [0.717, 1.165) is 13.0 Å². The van der Waals surface area contributed by atoms with Crippen molar-refractivity contribution < 1.29 is 4.74 Å². The van der Waals surface area contributed by atoms with Crippen LogP contribution in [0.15, 0.2) is 0 Å². The van der Waals surface area contributed by atoms with Crippen molar-refractivity contribution in [2.24, 2.45) is 11.1 Å². The topological polar surface area (TPSA) is 35.2 Å². The molecule has 0 aromatic rings. The summed E-state index contributed by atoms with van der Waals surface area (Å²) >= 11 is 0. The summed E-state index contributed by atoms with van der Waals surface area (Å²) in [5.41, 5.74) is 5.77. The lowest BCUT2D eigenvalue weighted by molar-refractivity contribution is 0.0778. The minimum atomic E-state index is 0.218. The van der Waals surface area contributed by atoms with Gasteiger partial charge in [0.2, 0.25) is 0 Å². The van der Waals surface area contributed by atoms with E-state index in [0.29, 0.717) is 6.10 Å². The Morgan fingerprint density at radius 2 is 2.00 bits per heavy atom. The highest BCUT2D eigenvalue weighted by Gasteiger charge is 2.18. The average molecular weight is 145 g/mol. The molecule has 1 atom stereocenters. The van der Waals surface area contributed by atoms with Gasteiger partial charge < -0.3 is 10.5 Å². The van der Waals surface area contributed by atoms with Crippen LogP contribution < -0.4 is 5.73 Å². The molecule has 0 radical (unpaired) electrons. The molecular weight excluding hydrogens is 126 g/mol. The van der Waals surface area contributed by atoms with Gasteiger partial charge in [0.25, 0.3) is 0 Å². The van der Waals surface area contributed by atoms with Crippen molar-refractivity contribution in [3.05, 3.63) is 0 Å². The summed E-state index contributed by atoms with van der Waals surface area (Å²) in [5.74, 6) is 0. The van der Waals surface area contributed by atoms with Crippen LogP contribution in [0, 0.1) is 5.41 Å². The zero-order valence-electron chi connectivity index (χ0n) is 7.48. The van der Waals surface area contributed by atoms with Crippen molar-refractivity contribution in [2.75, 3.05) is 13.7 Å². The first-order valence-corrected chi connectivity index (χ1v) is 3.74. The second kappa shape index (κ2) is 3.94. The smallest absolute Gasteiger partial charge is 0.0548 e. The lowest BCUT2D eigenvalue weighted by Gasteiger charge is -2.25. The Balaban J connectivity index is 3.64. The third kappa shape index (κ3) is 3.85. The van der Waals surface area contributed by atoms with Gasteiger partial charge in [-0.2, -0.15) is 0 Å². The van der Waals surface area contributed by atoms with Crippen molar-refractivity contribution >= 4 is 0 Å². The maximum Gasteiger partial charge on any atom is 0.0548 e. The molecule has 0 heterocycles. The van der Waals surface area contributed by atoms with Crippen LogP contribution in [0.4, 0.5) is 0 Å². The molecule has 0 saturated heterocycles. The largest absolute Gasteiger partial charge is 0.382 e. The molecule has 0 rings (SSSR count). The Kier molecular flexibility index (Phi) is 3.91. The standard InChI is InChI=1S/C8H19NO/c1-7(10-4)5-8(2,3)6-9/h7H,5-6,9H2,1-4H3. The summed E-state index contributed by atoms with van der Waals surface area (Å²) in [4.78, 5) is 0. The molecule has 2 nitrogen and oxygen atoms in total. The van der Waals surface area contributed by atoms with Crippen LogP contribution in [0.2, 0.25) is 0 Å². The summed E-state index contributed by atoms with van der Waals surface area (Å²) < 4.78 is 5.13. The SMILES string of the molecule is COC(C)CC(C)(C)CN. The Morgan fingerprint density at radius 1 is 1.50 bits per heavy atom. The van der Waals surface area contributed by atoms with Crippen molar-refractivity contribution in [2.45, 2.75) is 33.3 Å². The maximum atomic E-state index is 5.55. The molecule has 0 aliphatic heterocycles. The fourth-order valence-corrected chi connectivity index (χ4v) is 0.945. The number of hydrogen-bond donors (Lipinski definition) is 1. The van der Waals surface area contributed by atoms with E-state index in [2.05, 4.69) is 20.8 Å². The van der Waals surface area contributed by atoms with Gasteiger partial charge in [0.15, 0.2) is 0 Å². The van der Waals surface area contributed by atoms with Crippen LogP contribution in [0.5, 0.6) is 0 Å². The number of nitrogens with two attached hydrogens (primary N) is 1. The minimum absolute atomic E-state index is 0.218. The molecule has 2 heteroatoms. The predicted octanol–water partition coefficient (Wildman–Crippen LogP) is 1.40. The van der Waals surface area contributed by atoms with E-state index in [4.69, 9.17) is 10.5 Å². The minimum Gasteiger partial charge on any atom is -0.382 e. The molecule has 1 unspecified atom stereocenters. The van der Waals surface area contributed by atoms with Crippen molar-refractivity contribution in [1.82, 2.24) is 0 Å². The first kappa shape index (κ1) is 9.92. The summed E-state index contributed by atoms with van der Waals surface area (Å²) in [6, 6.07) is 0. The van der Waals surface area contributed by atoms with Crippen molar-refractivity contribution in [3.63, 3.8) is 0 Å². The number of rotatable bonds is 4. The quantitative estimate of drug-likeness (QED) is 0.649. The van der Waals surface area contributed by atoms with Crippen LogP contribution in [-0.2, 0) is 4.74 Å². The molecule has 0 fully saturated rings. The molecule has 0 aliphatic rings. The molecule has 0 aliphatic carbocycles. The summed E-state index contributed by atoms with van der Waals surface area (Å²) in [6.45, 7) is 7.10. The highest BCUT2D eigenvalue weighted by atomic mass is 16.5. The average Bonchev–Trinajstić information content (AvgIpc) is 1.87. The molecular formula is C8H19NO. The highest BCUT2D eigenvalue weighted by molar-refractivity contribution is 4.71. The summed E-state index contributed by atoms with van der Waals surface area (Å²) in [7, 11) is 1.73. The van der Waals surface area contributed by atoms with Crippen LogP contribution >= 0.6 is 0 Å². The van der Waals surface area contributed by atoms with Gasteiger partial charge in [-0.25, -0.2) is 0 Å². The van der Waals surface area contributed by atoms with E-state index < -0.39 is 0 Å². The second-order valence-corrected chi connectivity index (χ2v) is 3.62. The lowest BCUT2D eigenvalue weighted by Crippen LogP contribution is -2.28. The lowest BCUT2D eigenvalue weighted by atomic mass is 9.87. The third-order valence-electron chi connectivity index (χ3n) is 1.79. The van der Waals surface area contributed by atoms with E-state index in [1.54, 1.807) is 7.11 Å². The monoisotopic (exact) mass is 145 g/mol. The Bertz CT molecular complexity index is 91.3. The summed E-state index contributed by atoms with van der Waals surface area (Å²) in [6.07, 6.45) is 1.35. The van der Waals surface area contributed by atoms with Crippen LogP contribution in [0.3, 0.4) is 0 Å². The van der Waals surface area contributed by atoms with Gasteiger partial charge in [-0.15, -0.1) is 0 Å². The zero-order chi connectivity index (χ0) is 8.20. The second-order valence-electron chi connectivity index (χ2n) is 3.62. The molecule has 10 heavy (non-hydrogen) atoms. The van der Waals surface area contributed by atoms with Crippen LogP contribution in [-0.4, -0.2) is 19.8 Å². The molecule has 2 N–H and O–H groups in total. The van der Waals surface area contributed by atoms with Gasteiger partial charge in [0.1, 0.15) is 0 Å². The van der Waals surface area contributed by atoms with E-state index >= 15 is 0 Å². The highest BCUT2D eigenvalue weighted by Crippen LogP contribution is 2.21. The fraction of sp³-hybridized carbons (Fsp3) is 1.00. The van der Waals surface area contributed by atoms with Gasteiger partial charge in [0.05, 0.1) is 6.10 Å². The van der Waals surface area contributed by atoms with Crippen molar-refractivity contribution in [1.29, 1.82) is 0 Å². The molecule has 0 amide bonds. The molecule has 62 valence electrons. The molecule has 0 bridgehead atoms. The van der Waals surface area contributed by atoms with Gasteiger partial charge >= 0.3 is 0 Å². The van der Waals surface area contributed by atoms with E-state index in [9.17, 15) is 0 Å². The van der Waals surface area contributed by atoms with E-state index in [-0.39, 0.29) is 5.41 Å². The zero-order valence-corrected chi connectivity index (χ0v) is 7.48. The Hall–Kier alpha value is -0.0800. The van der Waals surface area contributed by atoms with Gasteiger partial charge in [-0.05, 0) is 25.3 Å². The van der Waals surface area contributed by atoms with Gasteiger partial charge in [-0.1, -0.05) is 13.8 Å². The van der Waals surface area contributed by atoms with Gasteiger partial charge in [-0.3, -0.25) is 0 Å².